The molecule has 0 saturated heterocycles. The maximum Gasteiger partial charge on any atom is 0.189 e. The molecule has 4 aromatic rings. The molecular weight excluding hydrogens is 368 g/mol. The molecule has 2 aromatic carbocycles. The first kappa shape index (κ1) is 18.2. The van der Waals surface area contributed by atoms with Crippen LogP contribution in [-0.2, 0) is 0 Å². The maximum atomic E-state index is 6.45. The molecule has 3 N–H and O–H groups in total. The van der Waals surface area contributed by atoms with Gasteiger partial charge in [0, 0.05) is 12.2 Å². The summed E-state index contributed by atoms with van der Waals surface area (Å²) in [4.78, 5) is 15.5. The molecule has 2 aromatic heterocycles. The predicted molar refractivity (Wildman–Crippen MR) is 118 cm³/mol. The third-order valence-electron chi connectivity index (χ3n) is 4.52. The highest BCUT2D eigenvalue weighted by Gasteiger charge is 2.17. The zero-order chi connectivity index (χ0) is 19.7. The third kappa shape index (κ3) is 3.48. The van der Waals surface area contributed by atoms with Gasteiger partial charge in [-0.3, -0.25) is 0 Å². The van der Waals surface area contributed by atoms with Crippen LogP contribution in [-0.4, -0.2) is 21.5 Å². The molecule has 2 heterocycles. The van der Waals surface area contributed by atoms with Crippen molar-refractivity contribution in [1.29, 1.82) is 0 Å². The van der Waals surface area contributed by atoms with Crippen LogP contribution in [0.3, 0.4) is 0 Å². The maximum absolute atomic E-state index is 6.45. The molecule has 0 saturated carbocycles. The summed E-state index contributed by atoms with van der Waals surface area (Å²) < 4.78 is 1.13. The molecule has 6 nitrogen and oxygen atoms in total. The second-order valence-electron chi connectivity index (χ2n) is 6.66. The van der Waals surface area contributed by atoms with Crippen molar-refractivity contribution >= 4 is 49.7 Å². The largest absolute Gasteiger partial charge is 0.393 e. The summed E-state index contributed by atoms with van der Waals surface area (Å²) in [6.45, 7) is 6.96. The van der Waals surface area contributed by atoms with Gasteiger partial charge in [-0.05, 0) is 56.2 Å². The number of benzene rings is 2. The minimum atomic E-state index is 0.501. The average Bonchev–Trinajstić information content (AvgIpc) is 3.07. The Labute approximate surface area is 168 Å². The summed E-state index contributed by atoms with van der Waals surface area (Å²) >= 11 is 1.58. The molecule has 0 unspecified atom stereocenters. The molecule has 0 fully saturated rings. The van der Waals surface area contributed by atoms with Crippen molar-refractivity contribution in [2.45, 2.75) is 20.8 Å². The smallest absolute Gasteiger partial charge is 0.189 e. The minimum Gasteiger partial charge on any atom is -0.393 e. The van der Waals surface area contributed by atoms with E-state index in [1.807, 2.05) is 12.1 Å². The fourth-order valence-corrected chi connectivity index (χ4v) is 4.10. The zero-order valence-electron chi connectivity index (χ0n) is 16.1. The van der Waals surface area contributed by atoms with Crippen LogP contribution in [0.2, 0.25) is 0 Å². The van der Waals surface area contributed by atoms with Gasteiger partial charge in [0.1, 0.15) is 12.0 Å². The molecular formula is C21H22N6S. The number of fused-ring (bicyclic) bond motifs is 1. The van der Waals surface area contributed by atoms with E-state index in [2.05, 4.69) is 76.3 Å². The number of aromatic nitrogens is 3. The van der Waals surface area contributed by atoms with Gasteiger partial charge in [0.25, 0.3) is 0 Å². The first-order valence-electron chi connectivity index (χ1n) is 9.14. The SMILES string of the molecule is CCN(c1cccc(C)c1)c1ncnc(Nc2nc3ccc(C)cc3s2)c1N. The van der Waals surface area contributed by atoms with E-state index in [1.54, 1.807) is 11.3 Å². The van der Waals surface area contributed by atoms with E-state index in [0.29, 0.717) is 17.3 Å². The summed E-state index contributed by atoms with van der Waals surface area (Å²) in [7, 11) is 0. The molecule has 7 heteroatoms. The molecule has 0 amide bonds. The van der Waals surface area contributed by atoms with E-state index < -0.39 is 0 Å². The van der Waals surface area contributed by atoms with Gasteiger partial charge in [-0.1, -0.05) is 29.5 Å². The Morgan fingerprint density at radius 1 is 1.07 bits per heavy atom. The molecule has 0 aliphatic carbocycles. The number of thiazole rings is 1. The molecule has 0 spiro atoms. The van der Waals surface area contributed by atoms with Crippen LogP contribution in [0.15, 0.2) is 48.8 Å². The summed E-state index contributed by atoms with van der Waals surface area (Å²) in [6, 6.07) is 14.5. The van der Waals surface area contributed by atoms with E-state index in [4.69, 9.17) is 5.73 Å². The monoisotopic (exact) mass is 390 g/mol. The lowest BCUT2D eigenvalue weighted by molar-refractivity contribution is 0.979. The fourth-order valence-electron chi connectivity index (χ4n) is 3.14. The van der Waals surface area contributed by atoms with Crippen LogP contribution in [0.25, 0.3) is 10.2 Å². The van der Waals surface area contributed by atoms with Gasteiger partial charge in [-0.25, -0.2) is 15.0 Å². The number of nitrogens with zero attached hydrogens (tertiary/aromatic N) is 4. The van der Waals surface area contributed by atoms with Gasteiger partial charge in [-0.15, -0.1) is 0 Å². The van der Waals surface area contributed by atoms with Crippen LogP contribution in [0, 0.1) is 13.8 Å². The van der Waals surface area contributed by atoms with Gasteiger partial charge in [0.2, 0.25) is 0 Å². The molecule has 0 atom stereocenters. The molecule has 0 aliphatic rings. The van der Waals surface area contributed by atoms with Crippen molar-refractivity contribution in [3.8, 4) is 0 Å². The molecule has 142 valence electrons. The van der Waals surface area contributed by atoms with E-state index in [0.717, 1.165) is 27.6 Å². The number of rotatable bonds is 5. The van der Waals surface area contributed by atoms with Crippen molar-refractivity contribution in [3.05, 3.63) is 59.9 Å². The van der Waals surface area contributed by atoms with Crippen molar-refractivity contribution in [2.24, 2.45) is 0 Å². The van der Waals surface area contributed by atoms with E-state index in [1.165, 1.54) is 17.5 Å². The van der Waals surface area contributed by atoms with E-state index in [9.17, 15) is 0 Å². The lowest BCUT2D eigenvalue weighted by atomic mass is 10.2. The number of anilines is 5. The number of hydrogen-bond donors (Lipinski definition) is 2. The fraction of sp³-hybridized carbons (Fsp3) is 0.190. The lowest BCUT2D eigenvalue weighted by Gasteiger charge is -2.24. The third-order valence-corrected chi connectivity index (χ3v) is 5.45. The summed E-state index contributed by atoms with van der Waals surface area (Å²) in [5.41, 5.74) is 11.4. The molecule has 28 heavy (non-hydrogen) atoms. The standard InChI is InChI=1S/C21H22N6S/c1-4-27(15-7-5-6-13(2)10-15)20-18(22)19(23-12-24-20)26-21-25-16-9-8-14(3)11-17(16)28-21/h5-12H,4,22H2,1-3H3,(H,23,24,25,26). The van der Waals surface area contributed by atoms with Crippen molar-refractivity contribution in [1.82, 2.24) is 15.0 Å². The Kier molecular flexibility index (Phi) is 4.83. The zero-order valence-corrected chi connectivity index (χ0v) is 16.9. The van der Waals surface area contributed by atoms with Crippen LogP contribution in [0.1, 0.15) is 18.1 Å². The van der Waals surface area contributed by atoms with Gasteiger partial charge in [-0.2, -0.15) is 0 Å². The molecule has 4 rings (SSSR count). The van der Waals surface area contributed by atoms with E-state index in [-0.39, 0.29) is 0 Å². The predicted octanol–water partition coefficient (Wildman–Crippen LogP) is 5.19. The van der Waals surface area contributed by atoms with Crippen LogP contribution < -0.4 is 16.0 Å². The second kappa shape index (κ2) is 7.44. The molecule has 0 aliphatic heterocycles. The summed E-state index contributed by atoms with van der Waals surface area (Å²) in [5, 5.41) is 4.03. The minimum absolute atomic E-state index is 0.501. The van der Waals surface area contributed by atoms with Crippen LogP contribution in [0.5, 0.6) is 0 Å². The molecule has 0 bridgehead atoms. The second-order valence-corrected chi connectivity index (χ2v) is 7.69. The number of nitrogens with one attached hydrogen (secondary N) is 1. The highest BCUT2D eigenvalue weighted by Crippen LogP contribution is 2.35. The van der Waals surface area contributed by atoms with E-state index >= 15 is 0 Å². The Hall–Kier alpha value is -3.19. The Morgan fingerprint density at radius 2 is 1.89 bits per heavy atom. The lowest BCUT2D eigenvalue weighted by Crippen LogP contribution is -2.20. The average molecular weight is 391 g/mol. The highest BCUT2D eigenvalue weighted by molar-refractivity contribution is 7.22. The Balaban J connectivity index is 1.69. The normalized spacial score (nSPS) is 11.0. The summed E-state index contributed by atoms with van der Waals surface area (Å²) in [5.74, 6) is 1.24. The quantitative estimate of drug-likeness (QED) is 0.488. The number of aryl methyl sites for hydroxylation is 2. The number of nitrogen functional groups attached to an aromatic ring is 1. The van der Waals surface area contributed by atoms with Crippen LogP contribution >= 0.6 is 11.3 Å². The summed E-state index contributed by atoms with van der Waals surface area (Å²) in [6.07, 6.45) is 1.53. The number of hydrogen-bond acceptors (Lipinski definition) is 7. The van der Waals surface area contributed by atoms with Gasteiger partial charge in [0.05, 0.1) is 10.2 Å². The van der Waals surface area contributed by atoms with Crippen molar-refractivity contribution in [3.63, 3.8) is 0 Å². The molecule has 0 radical (unpaired) electrons. The topological polar surface area (TPSA) is 80.0 Å². The van der Waals surface area contributed by atoms with Crippen molar-refractivity contribution < 1.29 is 0 Å². The first-order chi connectivity index (χ1) is 13.5. The Bertz CT molecular complexity index is 1140. The first-order valence-corrected chi connectivity index (χ1v) is 9.95. The number of nitrogens with two attached hydrogens (primary N) is 1. The van der Waals surface area contributed by atoms with Gasteiger partial charge in [0.15, 0.2) is 16.8 Å². The Morgan fingerprint density at radius 3 is 2.68 bits per heavy atom. The van der Waals surface area contributed by atoms with Gasteiger partial charge >= 0.3 is 0 Å². The van der Waals surface area contributed by atoms with Crippen molar-refractivity contribution in [2.75, 3.05) is 22.5 Å². The van der Waals surface area contributed by atoms with Gasteiger partial charge < -0.3 is 16.0 Å². The highest BCUT2D eigenvalue weighted by atomic mass is 32.1. The van der Waals surface area contributed by atoms with Crippen LogP contribution in [0.4, 0.5) is 28.1 Å².